The molecule has 2 heteroatoms. The van der Waals surface area contributed by atoms with Gasteiger partial charge in [0.2, 0.25) is 0 Å². The van der Waals surface area contributed by atoms with E-state index in [2.05, 4.69) is 230 Å². The topological polar surface area (TPSA) is 8.17 Å². The number of hydrogen-bond acceptors (Lipinski definition) is 1. The van der Waals surface area contributed by atoms with E-state index in [1.807, 2.05) is 0 Å². The summed E-state index contributed by atoms with van der Waals surface area (Å²) in [5.74, 6) is 0. The van der Waals surface area contributed by atoms with Gasteiger partial charge < -0.3 is 9.47 Å². The first-order valence-electron chi connectivity index (χ1n) is 21.1. The normalized spacial score (nSPS) is 16.0. The van der Waals surface area contributed by atoms with Crippen molar-refractivity contribution in [1.82, 2.24) is 4.57 Å². The molecule has 2 nitrogen and oxygen atoms in total. The monoisotopic (exact) mass is 764 g/mol. The molecular weight excluding hydrogens is 725 g/mol. The van der Waals surface area contributed by atoms with Gasteiger partial charge in [-0.05, 0) is 98.1 Å². The summed E-state index contributed by atoms with van der Waals surface area (Å²) in [6.45, 7) is 4.73. The molecule has 1 spiro atoms. The van der Waals surface area contributed by atoms with Crippen molar-refractivity contribution in [3.8, 4) is 39.1 Å². The number of benzene rings is 9. The van der Waals surface area contributed by atoms with Crippen LogP contribution in [-0.4, -0.2) is 4.57 Å². The molecule has 60 heavy (non-hydrogen) atoms. The van der Waals surface area contributed by atoms with Gasteiger partial charge >= 0.3 is 0 Å². The highest BCUT2D eigenvalue weighted by atomic mass is 15.1. The van der Waals surface area contributed by atoms with E-state index in [0.29, 0.717) is 0 Å². The summed E-state index contributed by atoms with van der Waals surface area (Å²) >= 11 is 0. The third-order valence-corrected chi connectivity index (χ3v) is 14.0. The van der Waals surface area contributed by atoms with Crippen LogP contribution in [0.5, 0.6) is 0 Å². The highest BCUT2D eigenvalue weighted by Crippen LogP contribution is 2.62. The van der Waals surface area contributed by atoms with Crippen LogP contribution in [0.3, 0.4) is 0 Å². The van der Waals surface area contributed by atoms with Gasteiger partial charge in [0, 0.05) is 33.0 Å². The molecule has 0 saturated carbocycles. The molecule has 282 valence electrons. The number of para-hydroxylation sites is 5. The van der Waals surface area contributed by atoms with Gasteiger partial charge in [-0.1, -0.05) is 178 Å². The number of aromatic nitrogens is 1. The van der Waals surface area contributed by atoms with Crippen molar-refractivity contribution in [2.45, 2.75) is 24.7 Å². The Balaban J connectivity index is 1.09. The summed E-state index contributed by atoms with van der Waals surface area (Å²) in [5, 5.41) is 2.58. The summed E-state index contributed by atoms with van der Waals surface area (Å²) in [5.41, 5.74) is 22.3. The van der Waals surface area contributed by atoms with Crippen LogP contribution in [0.4, 0.5) is 17.1 Å². The lowest BCUT2D eigenvalue weighted by molar-refractivity contribution is 0.660. The maximum Gasteiger partial charge on any atom is 0.0754 e. The van der Waals surface area contributed by atoms with Crippen LogP contribution in [0.25, 0.3) is 60.9 Å². The fraction of sp³-hybridized carbons (Fsp3) is 0.0690. The van der Waals surface area contributed by atoms with Gasteiger partial charge in [0.05, 0.1) is 33.5 Å². The zero-order valence-corrected chi connectivity index (χ0v) is 33.5. The molecule has 1 atom stereocenters. The standard InChI is InChI=1S/C58H40N2/c1-57(2)45-25-10-7-23-44(45)55-48(57)28-17-33-54(55)59(38-18-4-3-5-19-38)51-30-13-8-20-39(51)37-34-35-41-40-21-6-11-26-46(40)58(50(41)36-37)47-27-12-15-32-53(47)60-52-31-14-9-22-42(52)43-24-16-29-49(58)56(43)60/h3-36H,1-2H3. The molecule has 9 aromatic carbocycles. The fourth-order valence-corrected chi connectivity index (χ4v) is 11.5. The molecular formula is C58H40N2. The second-order valence-electron chi connectivity index (χ2n) is 17.2. The van der Waals surface area contributed by atoms with Crippen molar-refractivity contribution >= 4 is 38.9 Å². The van der Waals surface area contributed by atoms with E-state index in [-0.39, 0.29) is 5.41 Å². The molecule has 0 fully saturated rings. The summed E-state index contributed by atoms with van der Waals surface area (Å²) in [7, 11) is 0. The third kappa shape index (κ3) is 4.17. The Morgan fingerprint density at radius 2 is 1.00 bits per heavy atom. The van der Waals surface area contributed by atoms with E-state index in [1.165, 1.54) is 99.9 Å². The number of anilines is 3. The predicted molar refractivity (Wildman–Crippen MR) is 249 cm³/mol. The molecule has 13 rings (SSSR count). The van der Waals surface area contributed by atoms with Crippen molar-refractivity contribution < 1.29 is 0 Å². The summed E-state index contributed by atoms with van der Waals surface area (Å²) in [4.78, 5) is 2.50. The van der Waals surface area contributed by atoms with Crippen molar-refractivity contribution in [3.63, 3.8) is 0 Å². The van der Waals surface area contributed by atoms with Gasteiger partial charge in [0.15, 0.2) is 0 Å². The summed E-state index contributed by atoms with van der Waals surface area (Å²) in [6, 6.07) is 77.2. The second-order valence-corrected chi connectivity index (χ2v) is 17.2. The molecule has 1 unspecified atom stereocenters. The Bertz CT molecular complexity index is 3420. The van der Waals surface area contributed by atoms with Crippen molar-refractivity contribution in [3.05, 3.63) is 240 Å². The summed E-state index contributed by atoms with van der Waals surface area (Å²) < 4.78 is 2.52. The number of fused-ring (bicyclic) bond motifs is 15. The molecule has 2 aliphatic carbocycles. The van der Waals surface area contributed by atoms with E-state index in [1.54, 1.807) is 0 Å². The van der Waals surface area contributed by atoms with Gasteiger partial charge in [-0.15, -0.1) is 0 Å². The van der Waals surface area contributed by atoms with Gasteiger partial charge in [-0.2, -0.15) is 0 Å². The van der Waals surface area contributed by atoms with Gasteiger partial charge in [-0.25, -0.2) is 0 Å². The molecule has 3 aliphatic rings. The van der Waals surface area contributed by atoms with Crippen molar-refractivity contribution in [2.75, 3.05) is 4.90 Å². The van der Waals surface area contributed by atoms with Crippen LogP contribution in [0.1, 0.15) is 47.2 Å². The lowest BCUT2D eigenvalue weighted by Crippen LogP contribution is -2.33. The SMILES string of the molecule is CC1(C)c2ccccc2-c2c(N(c3ccccc3)c3ccccc3-c3ccc4c(c3)C3(c5ccccc5-4)c4ccccc4-n4c5ccccc5c5cccc3c54)cccc21. The van der Waals surface area contributed by atoms with Crippen LogP contribution >= 0.6 is 0 Å². The van der Waals surface area contributed by atoms with E-state index in [4.69, 9.17) is 0 Å². The Morgan fingerprint density at radius 1 is 0.400 bits per heavy atom. The molecule has 1 aromatic heterocycles. The van der Waals surface area contributed by atoms with Crippen LogP contribution in [0.2, 0.25) is 0 Å². The molecule has 0 bridgehead atoms. The van der Waals surface area contributed by atoms with Crippen LogP contribution in [0, 0.1) is 0 Å². The number of nitrogens with zero attached hydrogens (tertiary/aromatic N) is 2. The van der Waals surface area contributed by atoms with E-state index < -0.39 is 5.41 Å². The Morgan fingerprint density at radius 3 is 1.87 bits per heavy atom. The fourth-order valence-electron chi connectivity index (χ4n) is 11.5. The molecule has 10 aromatic rings. The van der Waals surface area contributed by atoms with Gasteiger partial charge in [0.1, 0.15) is 0 Å². The van der Waals surface area contributed by atoms with Crippen molar-refractivity contribution in [1.29, 1.82) is 0 Å². The van der Waals surface area contributed by atoms with Crippen molar-refractivity contribution in [2.24, 2.45) is 0 Å². The first-order chi connectivity index (χ1) is 29.6. The van der Waals surface area contributed by atoms with Crippen LogP contribution in [-0.2, 0) is 10.8 Å². The molecule has 0 N–H and O–H groups in total. The Hall–Kier alpha value is -7.42. The second kappa shape index (κ2) is 12.1. The molecule has 0 radical (unpaired) electrons. The Labute approximate surface area is 350 Å². The first-order valence-corrected chi connectivity index (χ1v) is 21.1. The summed E-state index contributed by atoms with van der Waals surface area (Å²) in [6.07, 6.45) is 0. The molecule has 0 saturated heterocycles. The first kappa shape index (κ1) is 33.5. The highest BCUT2D eigenvalue weighted by molar-refractivity contribution is 6.13. The zero-order chi connectivity index (χ0) is 39.7. The van der Waals surface area contributed by atoms with Gasteiger partial charge in [-0.3, -0.25) is 0 Å². The van der Waals surface area contributed by atoms with E-state index in [0.717, 1.165) is 11.4 Å². The van der Waals surface area contributed by atoms with E-state index >= 15 is 0 Å². The third-order valence-electron chi connectivity index (χ3n) is 14.0. The Kier molecular flexibility index (Phi) is 6.74. The number of rotatable bonds is 4. The van der Waals surface area contributed by atoms with Crippen LogP contribution < -0.4 is 4.90 Å². The lowest BCUT2D eigenvalue weighted by Gasteiger charge is -2.39. The lowest BCUT2D eigenvalue weighted by atomic mass is 9.65. The zero-order valence-electron chi connectivity index (χ0n) is 33.5. The minimum Gasteiger partial charge on any atom is -0.309 e. The highest BCUT2D eigenvalue weighted by Gasteiger charge is 2.51. The minimum absolute atomic E-state index is 0.113. The molecule has 1 aliphatic heterocycles. The predicted octanol–water partition coefficient (Wildman–Crippen LogP) is 14.9. The average molecular weight is 765 g/mol. The van der Waals surface area contributed by atoms with Gasteiger partial charge in [0.25, 0.3) is 0 Å². The quantitative estimate of drug-likeness (QED) is 0.173. The maximum absolute atomic E-state index is 2.53. The largest absolute Gasteiger partial charge is 0.309 e. The molecule has 0 amide bonds. The minimum atomic E-state index is -0.522. The van der Waals surface area contributed by atoms with Crippen LogP contribution in [0.15, 0.2) is 206 Å². The number of hydrogen-bond donors (Lipinski definition) is 0. The van der Waals surface area contributed by atoms with E-state index in [9.17, 15) is 0 Å². The molecule has 2 heterocycles. The smallest absolute Gasteiger partial charge is 0.0754 e. The average Bonchev–Trinajstić information content (AvgIpc) is 3.88. The maximum atomic E-state index is 2.53.